The van der Waals surface area contributed by atoms with Crippen LogP contribution in [0.3, 0.4) is 0 Å². The topological polar surface area (TPSA) is 20.2 Å². The summed E-state index contributed by atoms with van der Waals surface area (Å²) in [5.41, 5.74) is 1.31. The van der Waals surface area contributed by atoms with Crippen molar-refractivity contribution in [3.63, 3.8) is 0 Å². The summed E-state index contributed by atoms with van der Waals surface area (Å²) < 4.78 is 0. The van der Waals surface area contributed by atoms with Gasteiger partial charge in [-0.15, -0.1) is 0 Å². The molecular weight excluding hydrogens is 172 g/mol. The van der Waals surface area contributed by atoms with Crippen LogP contribution in [0.1, 0.15) is 58.8 Å². The fraction of sp³-hybridized carbons (Fsp3) is 0.846. The van der Waals surface area contributed by atoms with Gasteiger partial charge in [-0.25, -0.2) is 0 Å². The zero-order chi connectivity index (χ0) is 10.6. The molecule has 82 valence electrons. The lowest BCUT2D eigenvalue weighted by Crippen LogP contribution is -2.18. The first-order valence-electron chi connectivity index (χ1n) is 5.97. The molecule has 1 heteroatoms. The summed E-state index contributed by atoms with van der Waals surface area (Å²) in [6, 6.07) is 0. The average molecular weight is 196 g/mol. The summed E-state index contributed by atoms with van der Waals surface area (Å²) in [6.45, 7) is 8.30. The number of unbranched alkanes of at least 4 members (excludes halogenated alkanes) is 4. The van der Waals surface area contributed by atoms with Crippen molar-refractivity contribution < 1.29 is 5.11 Å². The third-order valence-corrected chi connectivity index (χ3v) is 3.58. The van der Waals surface area contributed by atoms with Gasteiger partial charge in [-0.1, -0.05) is 58.1 Å². The quantitative estimate of drug-likeness (QED) is 0.486. The predicted molar refractivity (Wildman–Crippen MR) is 61.2 cm³/mol. The van der Waals surface area contributed by atoms with Crippen LogP contribution in [0.15, 0.2) is 12.2 Å². The van der Waals surface area contributed by atoms with E-state index in [4.69, 9.17) is 0 Å². The van der Waals surface area contributed by atoms with Gasteiger partial charge in [-0.3, -0.25) is 0 Å². The van der Waals surface area contributed by atoms with Gasteiger partial charge in [-0.05, 0) is 12.8 Å². The van der Waals surface area contributed by atoms with E-state index in [9.17, 15) is 5.11 Å². The minimum Gasteiger partial charge on any atom is -0.392 e. The van der Waals surface area contributed by atoms with Crippen molar-refractivity contribution in [1.29, 1.82) is 0 Å². The van der Waals surface area contributed by atoms with E-state index >= 15 is 0 Å². The number of hydrogen-bond acceptors (Lipinski definition) is 1. The molecule has 0 amide bonds. The first kappa shape index (κ1) is 11.8. The Balaban J connectivity index is 2.04. The molecule has 14 heavy (non-hydrogen) atoms. The van der Waals surface area contributed by atoms with Crippen molar-refractivity contribution in [1.82, 2.24) is 0 Å². The maximum Gasteiger partial charge on any atom is 0.0633 e. The Hall–Kier alpha value is -0.300. The Morgan fingerprint density at radius 3 is 2.43 bits per heavy atom. The third-order valence-electron chi connectivity index (χ3n) is 3.58. The second-order valence-corrected chi connectivity index (χ2v) is 4.92. The molecular formula is C13H24O. The molecule has 0 unspecified atom stereocenters. The molecule has 0 aromatic carbocycles. The molecule has 0 radical (unpaired) electrons. The van der Waals surface area contributed by atoms with Gasteiger partial charge in [0.05, 0.1) is 6.10 Å². The molecule has 0 bridgehead atoms. The van der Waals surface area contributed by atoms with Crippen molar-refractivity contribution in [3.8, 4) is 0 Å². The van der Waals surface area contributed by atoms with Gasteiger partial charge < -0.3 is 5.11 Å². The molecule has 1 saturated carbocycles. The summed E-state index contributed by atoms with van der Waals surface area (Å²) in [5, 5.41) is 9.91. The van der Waals surface area contributed by atoms with Crippen molar-refractivity contribution in [2.24, 2.45) is 5.41 Å². The van der Waals surface area contributed by atoms with Crippen LogP contribution in [-0.2, 0) is 0 Å². The highest BCUT2D eigenvalue weighted by Crippen LogP contribution is 2.54. The molecule has 2 atom stereocenters. The normalized spacial score (nSPS) is 27.8. The van der Waals surface area contributed by atoms with Crippen LogP contribution in [0.5, 0.6) is 0 Å². The number of hydrogen-bond donors (Lipinski definition) is 1. The lowest BCUT2D eigenvalue weighted by atomic mass is 9.95. The van der Waals surface area contributed by atoms with E-state index in [1.54, 1.807) is 0 Å². The van der Waals surface area contributed by atoms with Crippen LogP contribution in [0.4, 0.5) is 0 Å². The van der Waals surface area contributed by atoms with E-state index in [0.29, 0.717) is 0 Å². The molecule has 0 spiro atoms. The van der Waals surface area contributed by atoms with E-state index in [-0.39, 0.29) is 11.5 Å². The minimum absolute atomic E-state index is 0.0742. The SMILES string of the molecule is C=C1C[C@]1(C)[C@@H](O)CCCCCCC. The van der Waals surface area contributed by atoms with E-state index in [1.165, 1.54) is 37.7 Å². The van der Waals surface area contributed by atoms with Gasteiger partial charge in [-0.2, -0.15) is 0 Å². The fourth-order valence-electron chi connectivity index (χ4n) is 2.01. The zero-order valence-corrected chi connectivity index (χ0v) is 9.68. The van der Waals surface area contributed by atoms with Gasteiger partial charge >= 0.3 is 0 Å². The Morgan fingerprint density at radius 2 is 1.93 bits per heavy atom. The second-order valence-electron chi connectivity index (χ2n) is 4.92. The zero-order valence-electron chi connectivity index (χ0n) is 9.68. The molecule has 1 rings (SSSR count). The highest BCUT2D eigenvalue weighted by atomic mass is 16.3. The number of aliphatic hydroxyl groups is 1. The Kier molecular flexibility index (Phi) is 4.18. The van der Waals surface area contributed by atoms with Gasteiger partial charge in [0.2, 0.25) is 0 Å². The maximum absolute atomic E-state index is 9.91. The molecule has 1 N–H and O–H groups in total. The molecule has 0 aromatic heterocycles. The largest absolute Gasteiger partial charge is 0.392 e. The Labute approximate surface area is 88.2 Å². The first-order valence-corrected chi connectivity index (χ1v) is 5.97. The summed E-state index contributed by atoms with van der Waals surface area (Å²) in [7, 11) is 0. The summed E-state index contributed by atoms with van der Waals surface area (Å²) in [6.07, 6.45) is 8.23. The molecule has 0 heterocycles. The second kappa shape index (κ2) is 4.97. The van der Waals surface area contributed by atoms with E-state index < -0.39 is 0 Å². The van der Waals surface area contributed by atoms with E-state index in [2.05, 4.69) is 20.4 Å². The molecule has 0 aromatic rings. The lowest BCUT2D eigenvalue weighted by molar-refractivity contribution is 0.0983. The monoisotopic (exact) mass is 196 g/mol. The van der Waals surface area contributed by atoms with Gasteiger partial charge in [0.1, 0.15) is 0 Å². The lowest BCUT2D eigenvalue weighted by Gasteiger charge is -2.16. The minimum atomic E-state index is -0.142. The molecule has 0 saturated heterocycles. The van der Waals surface area contributed by atoms with Crippen molar-refractivity contribution in [2.45, 2.75) is 64.9 Å². The van der Waals surface area contributed by atoms with Gasteiger partial charge in [0.15, 0.2) is 0 Å². The number of rotatable bonds is 7. The van der Waals surface area contributed by atoms with Gasteiger partial charge in [0.25, 0.3) is 0 Å². The standard InChI is InChI=1S/C13H24O/c1-4-5-6-7-8-9-12(14)13(3)10-11(13)2/h12,14H,2,4-10H2,1,3H3/t12-,13-/m0/s1. The van der Waals surface area contributed by atoms with E-state index in [1.807, 2.05) is 0 Å². The highest BCUT2D eigenvalue weighted by molar-refractivity contribution is 5.29. The van der Waals surface area contributed by atoms with Crippen molar-refractivity contribution in [3.05, 3.63) is 12.2 Å². The number of aliphatic hydroxyl groups excluding tert-OH is 1. The van der Waals surface area contributed by atoms with Crippen LogP contribution in [0.2, 0.25) is 0 Å². The molecule has 1 aliphatic rings. The molecule has 1 fully saturated rings. The fourth-order valence-corrected chi connectivity index (χ4v) is 2.01. The average Bonchev–Trinajstić information content (AvgIpc) is 2.76. The highest BCUT2D eigenvalue weighted by Gasteiger charge is 2.47. The Morgan fingerprint density at radius 1 is 1.36 bits per heavy atom. The van der Waals surface area contributed by atoms with Crippen LogP contribution >= 0.6 is 0 Å². The Bertz CT molecular complexity index is 197. The summed E-state index contributed by atoms with van der Waals surface area (Å²) >= 11 is 0. The predicted octanol–water partition coefficient (Wildman–Crippen LogP) is 3.67. The van der Waals surface area contributed by atoms with Crippen LogP contribution < -0.4 is 0 Å². The van der Waals surface area contributed by atoms with E-state index in [0.717, 1.165) is 12.8 Å². The smallest absolute Gasteiger partial charge is 0.0633 e. The summed E-state index contributed by atoms with van der Waals surface area (Å²) in [5.74, 6) is 0. The first-order chi connectivity index (χ1) is 6.61. The van der Waals surface area contributed by atoms with Crippen molar-refractivity contribution >= 4 is 0 Å². The molecule has 1 nitrogen and oxygen atoms in total. The van der Waals surface area contributed by atoms with Crippen LogP contribution in [-0.4, -0.2) is 11.2 Å². The molecule has 1 aliphatic carbocycles. The molecule has 0 aliphatic heterocycles. The van der Waals surface area contributed by atoms with Crippen LogP contribution in [0, 0.1) is 5.41 Å². The van der Waals surface area contributed by atoms with Crippen LogP contribution in [0.25, 0.3) is 0 Å². The van der Waals surface area contributed by atoms with Gasteiger partial charge in [0, 0.05) is 5.41 Å². The maximum atomic E-state index is 9.91. The summed E-state index contributed by atoms with van der Waals surface area (Å²) in [4.78, 5) is 0. The van der Waals surface area contributed by atoms with Crippen molar-refractivity contribution in [2.75, 3.05) is 0 Å². The third kappa shape index (κ3) is 2.84.